The summed E-state index contributed by atoms with van der Waals surface area (Å²) in [6.07, 6.45) is 0. The summed E-state index contributed by atoms with van der Waals surface area (Å²) in [6.45, 7) is 0.166. The molecular formula is C15H12FN3O3. The highest BCUT2D eigenvalue weighted by Gasteiger charge is 2.16. The second-order valence-corrected chi connectivity index (χ2v) is 4.94. The summed E-state index contributed by atoms with van der Waals surface area (Å²) in [5.41, 5.74) is 0.470. The predicted octanol–water partition coefficient (Wildman–Crippen LogP) is 2.44. The van der Waals surface area contributed by atoms with E-state index in [9.17, 15) is 19.3 Å². The van der Waals surface area contributed by atoms with Crippen LogP contribution in [0.1, 0.15) is 5.56 Å². The van der Waals surface area contributed by atoms with Crippen molar-refractivity contribution in [3.05, 3.63) is 74.3 Å². The Morgan fingerprint density at radius 1 is 1.23 bits per heavy atom. The van der Waals surface area contributed by atoms with Crippen LogP contribution in [0.4, 0.5) is 10.1 Å². The van der Waals surface area contributed by atoms with E-state index in [0.29, 0.717) is 11.1 Å². The van der Waals surface area contributed by atoms with E-state index in [4.69, 9.17) is 0 Å². The van der Waals surface area contributed by atoms with E-state index in [-0.39, 0.29) is 29.0 Å². The second-order valence-electron chi connectivity index (χ2n) is 4.94. The molecule has 1 heterocycles. The molecule has 0 unspecified atom stereocenters. The number of non-ortho nitro benzene ring substituents is 1. The van der Waals surface area contributed by atoms with E-state index in [1.807, 2.05) is 0 Å². The number of nitrogens with zero attached hydrogens (tertiary/aromatic N) is 3. The van der Waals surface area contributed by atoms with Gasteiger partial charge in [-0.25, -0.2) is 4.39 Å². The van der Waals surface area contributed by atoms with Crippen molar-refractivity contribution in [2.24, 2.45) is 7.05 Å². The maximum atomic E-state index is 13.8. The highest BCUT2D eigenvalue weighted by molar-refractivity contribution is 5.81. The minimum atomic E-state index is -0.549. The maximum Gasteiger partial charge on any atom is 0.274 e. The lowest BCUT2D eigenvalue weighted by Gasteiger charge is -2.09. The highest BCUT2D eigenvalue weighted by atomic mass is 19.1. The Morgan fingerprint density at radius 3 is 2.64 bits per heavy atom. The van der Waals surface area contributed by atoms with Gasteiger partial charge in [-0.2, -0.15) is 0 Å². The van der Waals surface area contributed by atoms with Gasteiger partial charge >= 0.3 is 0 Å². The van der Waals surface area contributed by atoms with E-state index in [1.165, 1.54) is 28.9 Å². The zero-order valence-electron chi connectivity index (χ0n) is 11.7. The predicted molar refractivity (Wildman–Crippen MR) is 79.3 cm³/mol. The Bertz CT molecular complexity index is 943. The molecule has 6 nitrogen and oxygen atoms in total. The van der Waals surface area contributed by atoms with Crippen molar-refractivity contribution in [3.8, 4) is 0 Å². The Hall–Kier alpha value is -2.96. The van der Waals surface area contributed by atoms with Crippen molar-refractivity contribution in [3.63, 3.8) is 0 Å². The number of rotatable bonds is 3. The lowest BCUT2D eigenvalue weighted by Crippen LogP contribution is -2.20. The Morgan fingerprint density at radius 2 is 1.95 bits per heavy atom. The molecule has 0 radical (unpaired) electrons. The normalized spacial score (nSPS) is 11.0. The molecule has 22 heavy (non-hydrogen) atoms. The van der Waals surface area contributed by atoms with Crippen molar-refractivity contribution < 1.29 is 9.31 Å². The van der Waals surface area contributed by atoms with Gasteiger partial charge in [0.1, 0.15) is 5.82 Å². The zero-order valence-corrected chi connectivity index (χ0v) is 11.7. The van der Waals surface area contributed by atoms with E-state index < -0.39 is 4.92 Å². The molecule has 0 saturated carbocycles. The summed E-state index contributed by atoms with van der Waals surface area (Å²) in [4.78, 5) is 22.5. The first kappa shape index (κ1) is 14.0. The number of halogens is 1. The van der Waals surface area contributed by atoms with Gasteiger partial charge in [-0.3, -0.25) is 24.3 Å². The van der Waals surface area contributed by atoms with Crippen molar-refractivity contribution in [1.82, 2.24) is 9.36 Å². The molecule has 112 valence electrons. The maximum absolute atomic E-state index is 13.8. The third kappa shape index (κ3) is 2.16. The molecule has 0 spiro atoms. The Kier molecular flexibility index (Phi) is 3.25. The van der Waals surface area contributed by atoms with Gasteiger partial charge < -0.3 is 0 Å². The van der Waals surface area contributed by atoms with Gasteiger partial charge in [0, 0.05) is 24.7 Å². The Balaban J connectivity index is 2.18. The molecule has 0 aliphatic carbocycles. The fraction of sp³-hybridized carbons (Fsp3) is 0.133. The molecule has 2 aromatic carbocycles. The molecule has 3 aromatic rings. The van der Waals surface area contributed by atoms with Gasteiger partial charge in [0.15, 0.2) is 0 Å². The largest absolute Gasteiger partial charge is 0.278 e. The fourth-order valence-electron chi connectivity index (χ4n) is 2.46. The molecule has 0 amide bonds. The number of fused-ring (bicyclic) bond motifs is 1. The number of nitro groups is 1. The van der Waals surface area contributed by atoms with Crippen LogP contribution in [0.5, 0.6) is 0 Å². The highest BCUT2D eigenvalue weighted by Crippen LogP contribution is 2.20. The van der Waals surface area contributed by atoms with E-state index >= 15 is 0 Å². The molecule has 7 heteroatoms. The third-order valence-corrected chi connectivity index (χ3v) is 3.63. The molecule has 0 N–H and O–H groups in total. The zero-order chi connectivity index (χ0) is 15.9. The van der Waals surface area contributed by atoms with Gasteiger partial charge in [-0.1, -0.05) is 18.2 Å². The third-order valence-electron chi connectivity index (χ3n) is 3.63. The van der Waals surface area contributed by atoms with Crippen LogP contribution in [0, 0.1) is 15.9 Å². The first-order valence-corrected chi connectivity index (χ1v) is 6.56. The quantitative estimate of drug-likeness (QED) is 0.551. The van der Waals surface area contributed by atoms with E-state index in [2.05, 4.69) is 0 Å². The fourth-order valence-corrected chi connectivity index (χ4v) is 2.46. The van der Waals surface area contributed by atoms with Crippen molar-refractivity contribution in [2.45, 2.75) is 6.54 Å². The van der Waals surface area contributed by atoms with Crippen molar-refractivity contribution in [1.29, 1.82) is 0 Å². The first-order valence-electron chi connectivity index (χ1n) is 6.56. The molecule has 0 atom stereocenters. The summed E-state index contributed by atoms with van der Waals surface area (Å²) in [7, 11) is 1.55. The van der Waals surface area contributed by atoms with Crippen LogP contribution in [0.2, 0.25) is 0 Å². The lowest BCUT2D eigenvalue weighted by molar-refractivity contribution is -0.384. The van der Waals surface area contributed by atoms with Gasteiger partial charge in [0.25, 0.3) is 11.2 Å². The minimum Gasteiger partial charge on any atom is -0.278 e. The summed E-state index contributed by atoms with van der Waals surface area (Å²) >= 11 is 0. The molecule has 1 aromatic heterocycles. The molecular weight excluding hydrogens is 289 g/mol. The molecule has 0 aliphatic rings. The number of benzene rings is 2. The molecule has 3 rings (SSSR count). The standard InChI is InChI=1S/C15H12FN3O3/c1-17-15(20)12-8-11(19(21)22)6-7-14(12)18(17)9-10-4-2-3-5-13(10)16/h2-8H,9H2,1H3. The first-order chi connectivity index (χ1) is 10.5. The second kappa shape index (κ2) is 5.10. The van der Waals surface area contributed by atoms with Gasteiger partial charge in [-0.05, 0) is 12.1 Å². The van der Waals surface area contributed by atoms with Crippen LogP contribution in [-0.4, -0.2) is 14.3 Å². The molecule has 0 fully saturated rings. The van der Waals surface area contributed by atoms with E-state index in [1.54, 1.807) is 29.9 Å². The van der Waals surface area contributed by atoms with Crippen molar-refractivity contribution >= 4 is 16.6 Å². The van der Waals surface area contributed by atoms with Gasteiger partial charge in [-0.15, -0.1) is 0 Å². The summed E-state index contributed by atoms with van der Waals surface area (Å²) < 4.78 is 16.7. The molecule has 0 bridgehead atoms. The molecule has 0 saturated heterocycles. The number of nitro benzene ring substituents is 1. The van der Waals surface area contributed by atoms with Gasteiger partial charge in [0.2, 0.25) is 0 Å². The number of hydrogen-bond acceptors (Lipinski definition) is 3. The van der Waals surface area contributed by atoms with Crippen LogP contribution < -0.4 is 5.56 Å². The monoisotopic (exact) mass is 301 g/mol. The topological polar surface area (TPSA) is 70.1 Å². The average molecular weight is 301 g/mol. The number of hydrogen-bond donors (Lipinski definition) is 0. The van der Waals surface area contributed by atoms with Gasteiger partial charge in [0.05, 0.1) is 22.4 Å². The smallest absolute Gasteiger partial charge is 0.274 e. The van der Waals surface area contributed by atoms with Crippen LogP contribution >= 0.6 is 0 Å². The SMILES string of the molecule is Cn1c(=O)c2cc([N+](=O)[O-])ccc2n1Cc1ccccc1F. The van der Waals surface area contributed by atoms with E-state index in [0.717, 1.165) is 0 Å². The van der Waals surface area contributed by atoms with Crippen LogP contribution in [0.25, 0.3) is 10.9 Å². The minimum absolute atomic E-state index is 0.145. The molecule has 0 aliphatic heterocycles. The lowest BCUT2D eigenvalue weighted by atomic mass is 10.2. The van der Waals surface area contributed by atoms with Crippen molar-refractivity contribution in [2.75, 3.05) is 0 Å². The van der Waals surface area contributed by atoms with Crippen LogP contribution in [-0.2, 0) is 13.6 Å². The average Bonchev–Trinajstić information content (AvgIpc) is 2.74. The summed E-state index contributed by atoms with van der Waals surface area (Å²) in [5.74, 6) is -0.362. The Labute approximate surface area is 124 Å². The summed E-state index contributed by atoms with van der Waals surface area (Å²) in [6, 6.07) is 10.4. The van der Waals surface area contributed by atoms with Crippen LogP contribution in [0.15, 0.2) is 47.3 Å². The summed E-state index contributed by atoms with van der Waals surface area (Å²) in [5, 5.41) is 11.1. The van der Waals surface area contributed by atoms with Crippen LogP contribution in [0.3, 0.4) is 0 Å². The number of aromatic nitrogens is 2.